The summed E-state index contributed by atoms with van der Waals surface area (Å²) in [7, 11) is -5.01. The van der Waals surface area contributed by atoms with Gasteiger partial charge in [0.1, 0.15) is 60.7 Å². The van der Waals surface area contributed by atoms with Crippen molar-refractivity contribution in [2.75, 3.05) is 13.2 Å². The molecule has 0 spiro atoms. The Kier molecular flexibility index (Phi) is 36.9. The van der Waals surface area contributed by atoms with Crippen molar-refractivity contribution in [1.82, 2.24) is 0 Å². The van der Waals surface area contributed by atoms with E-state index in [9.17, 15) is 84.1 Å². The van der Waals surface area contributed by atoms with E-state index in [0.717, 1.165) is 81.8 Å². The fraction of sp³-hybridized carbons (Fsp3) is 0.809. The Morgan fingerprint density at radius 2 is 1.28 bits per heavy atom. The van der Waals surface area contributed by atoms with E-state index in [-0.39, 0.29) is 62.9 Å². The zero-order chi connectivity index (χ0) is 69.1. The van der Waals surface area contributed by atoms with Crippen LogP contribution in [0.4, 0.5) is 0 Å². The van der Waals surface area contributed by atoms with Gasteiger partial charge in [-0.2, -0.15) is 8.42 Å². The van der Waals surface area contributed by atoms with Crippen LogP contribution in [0.15, 0.2) is 73.4 Å². The summed E-state index contributed by atoms with van der Waals surface area (Å²) in [4.78, 5) is 13.3. The molecule has 25 nitrogen and oxygen atoms in total. The summed E-state index contributed by atoms with van der Waals surface area (Å²) >= 11 is 0. The molecule has 0 aliphatic carbocycles. The van der Waals surface area contributed by atoms with Gasteiger partial charge in [0.25, 0.3) is 0 Å². The van der Waals surface area contributed by atoms with Crippen molar-refractivity contribution >= 4 is 16.2 Å². The van der Waals surface area contributed by atoms with Crippen LogP contribution in [0.3, 0.4) is 0 Å². The van der Waals surface area contributed by atoms with Gasteiger partial charge in [-0.05, 0) is 109 Å². The second-order valence-electron chi connectivity index (χ2n) is 26.8. The van der Waals surface area contributed by atoms with Gasteiger partial charge in [0.2, 0.25) is 0 Å². The Morgan fingerprint density at radius 3 is 1.99 bits per heavy atom. The number of ketones is 1. The van der Waals surface area contributed by atoms with Crippen molar-refractivity contribution in [1.29, 1.82) is 0 Å². The number of ether oxygens (including phenoxy) is 7. The number of hydrogen-bond donors (Lipinski definition) is 14. The van der Waals surface area contributed by atoms with E-state index in [2.05, 4.69) is 67.3 Å². The predicted octanol–water partition coefficient (Wildman–Crippen LogP) is 3.99. The normalized spacial score (nSPS) is 33.6. The number of hydrogen-bond acceptors (Lipinski definition) is 24. The van der Waals surface area contributed by atoms with E-state index in [1.807, 2.05) is 6.08 Å². The van der Waals surface area contributed by atoms with Gasteiger partial charge in [0.05, 0.1) is 92.6 Å². The summed E-state index contributed by atoms with van der Waals surface area (Å²) in [6.45, 7) is 14.3. The lowest BCUT2D eigenvalue weighted by Gasteiger charge is -2.43. The van der Waals surface area contributed by atoms with Crippen LogP contribution in [-0.2, 0) is 52.5 Å². The van der Waals surface area contributed by atoms with Crippen molar-refractivity contribution in [2.24, 2.45) is 5.92 Å². The summed E-state index contributed by atoms with van der Waals surface area (Å²) in [6, 6.07) is 0. The van der Waals surface area contributed by atoms with Crippen LogP contribution in [0, 0.1) is 5.92 Å². The van der Waals surface area contributed by atoms with Crippen molar-refractivity contribution in [2.45, 2.75) is 328 Å². The highest BCUT2D eigenvalue weighted by Crippen LogP contribution is 2.36. The van der Waals surface area contributed by atoms with E-state index in [1.165, 1.54) is 26.2 Å². The Labute approximate surface area is 555 Å². The molecule has 5 rings (SSSR count). The first-order chi connectivity index (χ1) is 44.7. The van der Waals surface area contributed by atoms with Gasteiger partial charge in [-0.1, -0.05) is 106 Å². The van der Waals surface area contributed by atoms with Crippen molar-refractivity contribution in [3.05, 3.63) is 73.4 Å². The molecule has 5 aliphatic heterocycles. The highest BCUT2D eigenvalue weighted by atomic mass is 32.3. The highest BCUT2D eigenvalue weighted by molar-refractivity contribution is 7.80. The molecular formula is C68H114O25S. The number of aliphatic hydroxyl groups is 13. The van der Waals surface area contributed by atoms with Crippen molar-refractivity contribution < 1.29 is 121 Å². The van der Waals surface area contributed by atoms with E-state index in [4.69, 9.17) is 33.2 Å². The average Bonchev–Trinajstić information content (AvgIpc) is 1.25. The maximum Gasteiger partial charge on any atom is 0.397 e. The molecule has 5 heterocycles. The minimum absolute atomic E-state index is 0.00855. The van der Waals surface area contributed by atoms with Crippen LogP contribution in [0.1, 0.15) is 181 Å². The summed E-state index contributed by atoms with van der Waals surface area (Å²) in [5, 5.41) is 138. The maximum absolute atomic E-state index is 13.3. The van der Waals surface area contributed by atoms with E-state index in [0.29, 0.717) is 31.6 Å². The molecule has 8 unspecified atom stereocenters. The van der Waals surface area contributed by atoms with Gasteiger partial charge in [0.15, 0.2) is 12.6 Å². The second-order valence-corrected chi connectivity index (χ2v) is 27.8. The molecule has 26 heteroatoms. The first kappa shape index (κ1) is 81.9. The molecule has 0 aromatic heterocycles. The zero-order valence-corrected chi connectivity index (χ0v) is 55.9. The molecule has 542 valence electrons. The van der Waals surface area contributed by atoms with Gasteiger partial charge >= 0.3 is 10.4 Å². The number of aliphatic hydroxyl groups excluding tert-OH is 13. The van der Waals surface area contributed by atoms with E-state index in [1.54, 1.807) is 0 Å². The summed E-state index contributed by atoms with van der Waals surface area (Å²) in [5.74, 6) is -0.0190. The van der Waals surface area contributed by atoms with Crippen LogP contribution < -0.4 is 0 Å². The minimum atomic E-state index is -5.01. The second kappa shape index (κ2) is 42.3. The standard InChI is InChI=1S/C68H114O25S/c1-6-21-43(4)32-49-37-51(75)53(87-49)26-19-18-24-41(2)22-16-14-12-10-8-7-9-11-13-15-17-23-42(3)28-31-55-54(89-55)27-20-25-48(88-68-65(82)63(80)61(78)59(92-68)40-86-67-64(81)62(79)60(77)58(39-69)91-67)36-47(73)35-46(72)34-45(71)29-30-50(74)56-38-52(76)66(93-94(83,84)85)57(90-56)33-44(5)70/h6,8,10,16,18-19,22,42,44-45,47-71,73-82H,1-2,4,7,9,11-15,17,20-21,23-40H2,3,5H3,(H,83,84,85)/b10-8+,19-18+,22-16+/t42?,44?,45?,47?,48?,49-,50?,51-,52+,53+,54?,55?,56+,57-,58-,59-,60-,61-,62+,63+,64-,65-,66+,67-,68-/m1/s1. The largest absolute Gasteiger partial charge is 0.397 e. The molecule has 94 heavy (non-hydrogen) atoms. The Morgan fingerprint density at radius 1 is 0.617 bits per heavy atom. The minimum Gasteiger partial charge on any atom is -0.394 e. The average molecular weight is 1360 g/mol. The summed E-state index contributed by atoms with van der Waals surface area (Å²) in [5.41, 5.74) is 2.11. The summed E-state index contributed by atoms with van der Waals surface area (Å²) < 4.78 is 77.6. The van der Waals surface area contributed by atoms with Crippen LogP contribution in [-0.4, -0.2) is 245 Å². The number of rotatable bonds is 47. The third-order valence-corrected chi connectivity index (χ3v) is 18.7. The number of Topliss-reactive ketones (excluding diaryl/α,β-unsaturated/α-hetero) is 1. The topological polar surface area (TPSA) is 412 Å². The number of unbranched alkanes of at least 4 members (excludes halogenated alkanes) is 6. The van der Waals surface area contributed by atoms with Gasteiger partial charge in [0, 0.05) is 38.5 Å². The SMILES string of the molecule is C=CCC(=C)C[C@@H]1C[C@@H](O)[C@H](C/C=C/CC(=C)/C=C/CC/C=C/CCCCCCCC(C)CCC2OC2CCCC(CC(O)CC(=O)CC(O)CCC(O)[C@@H]2C[C@H](O)[C@H](OS(=O)(=O)O)[C@@H](CC(C)O)O2)O[C@@H]2O[C@H](CO[C@@H]3O[C@H](CO)[C@@H](O)[C@H](O)[C@H]3O)[C@@H](O)[C@H](O)[C@H]2O)O1. The van der Waals surface area contributed by atoms with Crippen LogP contribution in [0.25, 0.3) is 0 Å². The molecule has 0 amide bonds. The smallest absolute Gasteiger partial charge is 0.394 e. The van der Waals surface area contributed by atoms with Gasteiger partial charge < -0.3 is 99.5 Å². The lowest BCUT2D eigenvalue weighted by atomic mass is 9.90. The van der Waals surface area contributed by atoms with Crippen molar-refractivity contribution in [3.8, 4) is 0 Å². The van der Waals surface area contributed by atoms with Gasteiger partial charge in [-0.25, -0.2) is 4.18 Å². The van der Waals surface area contributed by atoms with Crippen LogP contribution >= 0.6 is 0 Å². The van der Waals surface area contributed by atoms with E-state index >= 15 is 0 Å². The third kappa shape index (κ3) is 29.6. The Bertz CT molecular complexity index is 2410. The predicted molar refractivity (Wildman–Crippen MR) is 346 cm³/mol. The first-order valence-corrected chi connectivity index (χ1v) is 35.4. The fourth-order valence-electron chi connectivity index (χ4n) is 12.7. The monoisotopic (exact) mass is 1360 g/mol. The van der Waals surface area contributed by atoms with Gasteiger partial charge in [-0.3, -0.25) is 9.35 Å². The molecule has 14 N–H and O–H groups in total. The van der Waals surface area contributed by atoms with Gasteiger partial charge in [-0.15, -0.1) is 6.58 Å². The summed E-state index contributed by atoms with van der Waals surface area (Å²) in [6.07, 6.45) is 1.37. The molecule has 0 bridgehead atoms. The molecule has 25 atom stereocenters. The van der Waals surface area contributed by atoms with Crippen LogP contribution in [0.5, 0.6) is 0 Å². The molecule has 0 aromatic carbocycles. The molecule has 0 aromatic rings. The van der Waals surface area contributed by atoms with Crippen LogP contribution in [0.2, 0.25) is 0 Å². The van der Waals surface area contributed by atoms with Crippen molar-refractivity contribution in [3.63, 3.8) is 0 Å². The lowest BCUT2D eigenvalue weighted by Crippen LogP contribution is -2.62. The molecule has 5 aliphatic rings. The van der Waals surface area contributed by atoms with E-state index < -0.39 is 165 Å². The Balaban J connectivity index is 0.997. The molecule has 5 fully saturated rings. The number of epoxide rings is 1. The number of carbonyl (C=O) groups is 1. The number of allylic oxidation sites excluding steroid dienone is 7. The highest BCUT2D eigenvalue weighted by Gasteiger charge is 2.49. The first-order valence-electron chi connectivity index (χ1n) is 34.1. The number of carbonyl (C=O) groups excluding carboxylic acids is 1. The quantitative estimate of drug-likeness (QED) is 0.0135. The zero-order valence-electron chi connectivity index (χ0n) is 55.1. The fourth-order valence-corrected chi connectivity index (χ4v) is 13.3. The molecule has 5 saturated heterocycles. The Hall–Kier alpha value is -2.82. The molecule has 0 radical (unpaired) electrons. The third-order valence-electron chi connectivity index (χ3n) is 18.2. The molecular weight excluding hydrogens is 1250 g/mol. The lowest BCUT2D eigenvalue weighted by molar-refractivity contribution is -0.336. The molecule has 0 saturated carbocycles. The maximum atomic E-state index is 13.3.